The molecule has 1 aliphatic heterocycles. The van der Waals surface area contributed by atoms with Crippen molar-refractivity contribution in [2.24, 2.45) is 0 Å². The number of hydrogen-bond donors (Lipinski definition) is 1. The average molecular weight is 350 g/mol. The molecule has 3 aromatic rings. The van der Waals surface area contributed by atoms with E-state index in [4.69, 9.17) is 4.74 Å². The van der Waals surface area contributed by atoms with Gasteiger partial charge in [-0.1, -0.05) is 0 Å². The number of carbonyl (C=O) groups excluding carboxylic acids is 3. The molecule has 1 aliphatic rings. The number of carbonyl (C=O) groups is 3. The maximum Gasteiger partial charge on any atom is 0.359 e. The Morgan fingerprint density at radius 3 is 3.00 bits per heavy atom. The molecule has 0 aliphatic carbocycles. The lowest BCUT2D eigenvalue weighted by atomic mass is 9.99. The van der Waals surface area contributed by atoms with Crippen LogP contribution in [0.2, 0.25) is 0 Å². The number of aryl methyl sites for hydroxylation is 1. The highest BCUT2D eigenvalue weighted by molar-refractivity contribution is 6.01. The van der Waals surface area contributed by atoms with E-state index in [-0.39, 0.29) is 24.0 Å². The fourth-order valence-corrected chi connectivity index (χ4v) is 2.77. The predicted molar refractivity (Wildman–Crippen MR) is 91.0 cm³/mol. The first-order chi connectivity index (χ1) is 12.6. The molecule has 0 radical (unpaired) electrons. The van der Waals surface area contributed by atoms with Crippen molar-refractivity contribution < 1.29 is 19.1 Å². The number of hydrogen-bond acceptors (Lipinski definition) is 6. The Kier molecular flexibility index (Phi) is 3.92. The first-order valence-corrected chi connectivity index (χ1v) is 8.03. The van der Waals surface area contributed by atoms with Crippen molar-refractivity contribution in [2.45, 2.75) is 12.8 Å². The van der Waals surface area contributed by atoms with Gasteiger partial charge in [0.15, 0.2) is 18.1 Å². The van der Waals surface area contributed by atoms with Crippen molar-refractivity contribution in [3.05, 3.63) is 59.7 Å². The summed E-state index contributed by atoms with van der Waals surface area (Å²) in [7, 11) is 0. The molecule has 2 aromatic heterocycles. The van der Waals surface area contributed by atoms with Gasteiger partial charge in [0, 0.05) is 36.3 Å². The van der Waals surface area contributed by atoms with Gasteiger partial charge in [-0.3, -0.25) is 14.0 Å². The van der Waals surface area contributed by atoms with Crippen molar-refractivity contribution in [2.75, 3.05) is 11.9 Å². The molecule has 3 heterocycles. The van der Waals surface area contributed by atoms with Gasteiger partial charge in [-0.05, 0) is 36.2 Å². The molecule has 1 aromatic carbocycles. The summed E-state index contributed by atoms with van der Waals surface area (Å²) in [4.78, 5) is 43.8. The Hall–Kier alpha value is -3.55. The normalized spacial score (nSPS) is 13.2. The minimum Gasteiger partial charge on any atom is -0.453 e. The number of fused-ring (bicyclic) bond motifs is 2. The molecule has 8 heteroatoms. The zero-order chi connectivity index (χ0) is 18.1. The zero-order valence-electron chi connectivity index (χ0n) is 13.6. The molecule has 0 saturated heterocycles. The lowest BCUT2D eigenvalue weighted by Crippen LogP contribution is -2.20. The van der Waals surface area contributed by atoms with E-state index in [9.17, 15) is 14.4 Å². The van der Waals surface area contributed by atoms with Crippen molar-refractivity contribution in [1.82, 2.24) is 14.4 Å². The molecule has 8 nitrogen and oxygen atoms in total. The van der Waals surface area contributed by atoms with Gasteiger partial charge < -0.3 is 10.1 Å². The number of ether oxygens (including phenoxy) is 1. The summed E-state index contributed by atoms with van der Waals surface area (Å²) in [6, 6.07) is 6.73. The maximum atomic E-state index is 12.3. The summed E-state index contributed by atoms with van der Waals surface area (Å²) in [6.07, 6.45) is 5.75. The van der Waals surface area contributed by atoms with Crippen molar-refractivity contribution in [3.63, 3.8) is 0 Å². The third-order valence-corrected chi connectivity index (χ3v) is 4.10. The quantitative estimate of drug-likeness (QED) is 0.567. The number of imidazole rings is 1. The van der Waals surface area contributed by atoms with Gasteiger partial charge in [-0.2, -0.15) is 0 Å². The van der Waals surface area contributed by atoms with Crippen LogP contribution in [-0.2, 0) is 16.0 Å². The van der Waals surface area contributed by atoms with Crippen LogP contribution in [0.25, 0.3) is 5.78 Å². The maximum absolute atomic E-state index is 12.3. The smallest absolute Gasteiger partial charge is 0.359 e. The van der Waals surface area contributed by atoms with Crippen LogP contribution in [0.4, 0.5) is 5.69 Å². The highest BCUT2D eigenvalue weighted by Gasteiger charge is 2.18. The molecule has 0 unspecified atom stereocenters. The molecule has 1 amide bonds. The molecule has 0 bridgehead atoms. The van der Waals surface area contributed by atoms with E-state index in [2.05, 4.69) is 15.3 Å². The minimum atomic E-state index is -0.686. The van der Waals surface area contributed by atoms with E-state index in [0.717, 1.165) is 5.56 Å². The highest BCUT2D eigenvalue weighted by atomic mass is 16.5. The van der Waals surface area contributed by atoms with Crippen LogP contribution in [0, 0.1) is 0 Å². The first-order valence-electron chi connectivity index (χ1n) is 8.03. The number of anilines is 1. The number of benzene rings is 1. The summed E-state index contributed by atoms with van der Waals surface area (Å²) in [6.45, 7) is -0.384. The van der Waals surface area contributed by atoms with Gasteiger partial charge in [-0.15, -0.1) is 0 Å². The lowest BCUT2D eigenvalue weighted by Gasteiger charge is -2.17. The first kappa shape index (κ1) is 15.9. The monoisotopic (exact) mass is 350 g/mol. The molecule has 0 atom stereocenters. The summed E-state index contributed by atoms with van der Waals surface area (Å²) >= 11 is 0. The predicted octanol–water partition coefficient (Wildman–Crippen LogP) is 1.65. The molecule has 0 fully saturated rings. The number of ketones is 1. The van der Waals surface area contributed by atoms with Crippen LogP contribution in [0.15, 0.2) is 42.9 Å². The molecule has 4 rings (SSSR count). The Balaban J connectivity index is 1.43. The van der Waals surface area contributed by atoms with Gasteiger partial charge in [-0.25, -0.2) is 14.8 Å². The highest BCUT2D eigenvalue weighted by Crippen LogP contribution is 2.23. The topological polar surface area (TPSA) is 103 Å². The zero-order valence-corrected chi connectivity index (χ0v) is 13.6. The minimum absolute atomic E-state index is 0.0348. The molecule has 1 N–H and O–H groups in total. The van der Waals surface area contributed by atoms with Crippen LogP contribution >= 0.6 is 0 Å². The number of nitrogens with one attached hydrogen (secondary N) is 1. The number of esters is 1. The largest absolute Gasteiger partial charge is 0.453 e. The van der Waals surface area contributed by atoms with Gasteiger partial charge in [0.1, 0.15) is 0 Å². The van der Waals surface area contributed by atoms with Gasteiger partial charge in [0.25, 0.3) is 0 Å². The summed E-state index contributed by atoms with van der Waals surface area (Å²) in [5.41, 5.74) is 2.13. The molecule has 130 valence electrons. The Labute approximate surface area is 147 Å². The van der Waals surface area contributed by atoms with Crippen LogP contribution in [0.3, 0.4) is 0 Å². The van der Waals surface area contributed by atoms with Gasteiger partial charge in [0.2, 0.25) is 11.7 Å². The summed E-state index contributed by atoms with van der Waals surface area (Å²) in [5.74, 6) is -0.663. The van der Waals surface area contributed by atoms with E-state index in [1.807, 2.05) is 0 Å². The second-order valence-corrected chi connectivity index (χ2v) is 5.87. The summed E-state index contributed by atoms with van der Waals surface area (Å²) < 4.78 is 6.67. The Morgan fingerprint density at radius 1 is 1.27 bits per heavy atom. The van der Waals surface area contributed by atoms with Crippen molar-refractivity contribution in [3.8, 4) is 0 Å². The standard InChI is InChI=1S/C18H14N4O4/c23-15(12-2-4-13-11(8-12)3-5-16(24)20-13)10-26-17(25)14-9-22-7-1-6-19-18(22)21-14/h1-2,4,6-9H,3,5,10H2,(H,20,24). The third-order valence-electron chi connectivity index (χ3n) is 4.10. The third kappa shape index (κ3) is 3.04. The van der Waals surface area contributed by atoms with E-state index in [1.165, 1.54) is 6.20 Å². The number of amides is 1. The number of aromatic nitrogens is 3. The fourth-order valence-electron chi connectivity index (χ4n) is 2.77. The second-order valence-electron chi connectivity index (χ2n) is 5.87. The van der Waals surface area contributed by atoms with Crippen LogP contribution in [0.5, 0.6) is 0 Å². The number of rotatable bonds is 4. The number of nitrogens with zero attached hydrogens (tertiary/aromatic N) is 3. The lowest BCUT2D eigenvalue weighted by molar-refractivity contribution is -0.116. The SMILES string of the molecule is O=C1CCc2cc(C(=O)COC(=O)c3cn4cccnc4n3)ccc2N1. The average Bonchev–Trinajstić information content (AvgIpc) is 3.09. The van der Waals surface area contributed by atoms with Crippen molar-refractivity contribution in [1.29, 1.82) is 0 Å². The van der Waals surface area contributed by atoms with Gasteiger partial charge >= 0.3 is 5.97 Å². The molecular weight excluding hydrogens is 336 g/mol. The van der Waals surface area contributed by atoms with E-state index < -0.39 is 5.97 Å². The molecule has 0 saturated carbocycles. The fraction of sp³-hybridized carbons (Fsp3) is 0.167. The molecule has 26 heavy (non-hydrogen) atoms. The molecular formula is C18H14N4O4. The Morgan fingerprint density at radius 2 is 2.15 bits per heavy atom. The number of Topliss-reactive ketones (excluding diaryl/α,β-unsaturated/α-hetero) is 1. The van der Waals surface area contributed by atoms with E-state index in [1.54, 1.807) is 41.1 Å². The second kappa shape index (κ2) is 6.40. The van der Waals surface area contributed by atoms with E-state index in [0.29, 0.717) is 29.9 Å². The molecule has 0 spiro atoms. The van der Waals surface area contributed by atoms with Crippen LogP contribution < -0.4 is 5.32 Å². The van der Waals surface area contributed by atoms with Crippen LogP contribution in [-0.4, -0.2) is 38.6 Å². The van der Waals surface area contributed by atoms with Crippen LogP contribution in [0.1, 0.15) is 32.8 Å². The summed E-state index contributed by atoms with van der Waals surface area (Å²) in [5, 5.41) is 2.76. The van der Waals surface area contributed by atoms with E-state index >= 15 is 0 Å². The van der Waals surface area contributed by atoms with Gasteiger partial charge in [0.05, 0.1) is 0 Å². The van der Waals surface area contributed by atoms with Crippen molar-refractivity contribution >= 4 is 29.1 Å². The Bertz CT molecular complexity index is 1010.